The molecule has 1 N–H and O–H groups in total. The number of hydrogen-bond acceptors (Lipinski definition) is 5. The van der Waals surface area contributed by atoms with Gasteiger partial charge >= 0.3 is 0 Å². The fourth-order valence-corrected chi connectivity index (χ4v) is 3.83. The van der Waals surface area contributed by atoms with Crippen molar-refractivity contribution >= 4 is 55.2 Å². The molecule has 3 nitrogen and oxygen atoms in total. The van der Waals surface area contributed by atoms with Gasteiger partial charge < -0.3 is 5.32 Å². The zero-order valence-electron chi connectivity index (χ0n) is 11.5. The Morgan fingerprint density at radius 2 is 2.00 bits per heavy atom. The minimum Gasteiger partial charge on any atom is -0.354 e. The monoisotopic (exact) mass is 379 g/mol. The van der Waals surface area contributed by atoms with Crippen LogP contribution in [0.3, 0.4) is 0 Å². The minimum atomic E-state index is 0.714. The Morgan fingerprint density at radius 1 is 1.19 bits per heavy atom. The van der Waals surface area contributed by atoms with E-state index in [1.54, 1.807) is 23.1 Å². The lowest BCUT2D eigenvalue weighted by Gasteiger charge is -2.07. The molecule has 0 spiro atoms. The molecular formula is C15H14BrN3S2. The molecule has 0 aliphatic carbocycles. The van der Waals surface area contributed by atoms with Gasteiger partial charge in [-0.3, -0.25) is 0 Å². The van der Waals surface area contributed by atoms with Gasteiger partial charge in [-0.2, -0.15) is 0 Å². The third-order valence-corrected chi connectivity index (χ3v) is 5.20. The molecule has 3 rings (SSSR count). The Hall–Kier alpha value is -1.11. The maximum atomic E-state index is 4.66. The molecule has 0 amide bonds. The molecule has 0 unspecified atom stereocenters. The number of rotatable bonds is 5. The molecule has 21 heavy (non-hydrogen) atoms. The topological polar surface area (TPSA) is 37.8 Å². The molecule has 1 aromatic carbocycles. The number of hydrogen-bond donors (Lipinski definition) is 1. The van der Waals surface area contributed by atoms with Gasteiger partial charge in [-0.05, 0) is 42.1 Å². The lowest BCUT2D eigenvalue weighted by Crippen LogP contribution is -2.04. The molecule has 6 heteroatoms. The number of benzene rings is 1. The molecule has 3 aromatic rings. The SMILES string of the molecule is CCCNc1nc(Sc2ccc(Br)cc2)c2ccsc2n1. The Morgan fingerprint density at radius 3 is 2.76 bits per heavy atom. The van der Waals surface area contributed by atoms with Crippen LogP contribution in [0, 0.1) is 0 Å². The molecule has 0 fully saturated rings. The lowest BCUT2D eigenvalue weighted by atomic mass is 10.4. The van der Waals surface area contributed by atoms with Crippen molar-refractivity contribution in [2.24, 2.45) is 0 Å². The van der Waals surface area contributed by atoms with Crippen LogP contribution in [-0.2, 0) is 0 Å². The summed E-state index contributed by atoms with van der Waals surface area (Å²) in [6.45, 7) is 3.02. The fourth-order valence-electron chi connectivity index (χ4n) is 1.84. The highest BCUT2D eigenvalue weighted by Crippen LogP contribution is 2.34. The minimum absolute atomic E-state index is 0.714. The van der Waals surface area contributed by atoms with Crippen LogP contribution >= 0.6 is 39.0 Å². The van der Waals surface area contributed by atoms with Gasteiger partial charge in [-0.1, -0.05) is 34.6 Å². The summed E-state index contributed by atoms with van der Waals surface area (Å²) in [5.41, 5.74) is 0. The summed E-state index contributed by atoms with van der Waals surface area (Å²) in [6, 6.07) is 10.4. The number of nitrogens with one attached hydrogen (secondary N) is 1. The normalized spacial score (nSPS) is 11.0. The van der Waals surface area contributed by atoms with Gasteiger partial charge in [-0.25, -0.2) is 9.97 Å². The van der Waals surface area contributed by atoms with Crippen LogP contribution in [0.5, 0.6) is 0 Å². The van der Waals surface area contributed by atoms with Gasteiger partial charge in [-0.15, -0.1) is 11.3 Å². The quantitative estimate of drug-likeness (QED) is 0.599. The molecule has 0 aliphatic rings. The van der Waals surface area contributed by atoms with Crippen molar-refractivity contribution in [2.75, 3.05) is 11.9 Å². The van der Waals surface area contributed by atoms with Crippen LogP contribution in [0.2, 0.25) is 0 Å². The molecule has 0 saturated heterocycles. The van der Waals surface area contributed by atoms with E-state index in [2.05, 4.69) is 61.7 Å². The Labute approximate surface area is 140 Å². The molecule has 0 saturated carbocycles. The predicted octanol–water partition coefficient (Wildman–Crippen LogP) is 5.43. The zero-order valence-corrected chi connectivity index (χ0v) is 14.7. The second-order valence-corrected chi connectivity index (χ2v) is 7.35. The molecule has 0 radical (unpaired) electrons. The highest BCUT2D eigenvalue weighted by molar-refractivity contribution is 9.10. The van der Waals surface area contributed by atoms with Crippen molar-refractivity contribution in [1.82, 2.24) is 9.97 Å². The van der Waals surface area contributed by atoms with E-state index in [1.807, 2.05) is 12.1 Å². The number of thiophene rings is 1. The summed E-state index contributed by atoms with van der Waals surface area (Å²) in [5.74, 6) is 0.714. The van der Waals surface area contributed by atoms with Crippen LogP contribution < -0.4 is 5.32 Å². The Bertz CT molecular complexity index is 740. The first-order chi connectivity index (χ1) is 10.3. The van der Waals surface area contributed by atoms with Crippen LogP contribution in [-0.4, -0.2) is 16.5 Å². The largest absolute Gasteiger partial charge is 0.354 e. The van der Waals surface area contributed by atoms with Crippen molar-refractivity contribution in [1.29, 1.82) is 0 Å². The zero-order chi connectivity index (χ0) is 14.7. The van der Waals surface area contributed by atoms with E-state index >= 15 is 0 Å². The smallest absolute Gasteiger partial charge is 0.225 e. The molecule has 2 aromatic heterocycles. The standard InChI is InChI=1S/C15H14BrN3S2/c1-2-8-17-15-18-13-12(7-9-20-13)14(19-15)21-11-5-3-10(16)4-6-11/h3-7,9H,2,8H2,1H3,(H,17,18,19). The summed E-state index contributed by atoms with van der Waals surface area (Å²) in [7, 11) is 0. The third-order valence-electron chi connectivity index (χ3n) is 2.85. The second-order valence-electron chi connectivity index (χ2n) is 4.47. The number of nitrogens with zero attached hydrogens (tertiary/aromatic N) is 2. The summed E-state index contributed by atoms with van der Waals surface area (Å²) in [6.07, 6.45) is 1.06. The van der Waals surface area contributed by atoms with E-state index < -0.39 is 0 Å². The fraction of sp³-hybridized carbons (Fsp3) is 0.200. The third kappa shape index (κ3) is 3.56. The maximum absolute atomic E-state index is 4.66. The number of fused-ring (bicyclic) bond motifs is 1. The molecule has 2 heterocycles. The number of aromatic nitrogens is 2. The average molecular weight is 380 g/mol. The second kappa shape index (κ2) is 6.77. The highest BCUT2D eigenvalue weighted by atomic mass is 79.9. The highest BCUT2D eigenvalue weighted by Gasteiger charge is 2.10. The van der Waals surface area contributed by atoms with E-state index in [0.29, 0.717) is 5.95 Å². The van der Waals surface area contributed by atoms with Crippen molar-refractivity contribution in [2.45, 2.75) is 23.3 Å². The average Bonchev–Trinajstić information content (AvgIpc) is 2.96. The number of anilines is 1. The summed E-state index contributed by atoms with van der Waals surface area (Å²) in [4.78, 5) is 11.4. The van der Waals surface area contributed by atoms with Gasteiger partial charge in [0.05, 0.1) is 0 Å². The predicted molar refractivity (Wildman–Crippen MR) is 94.5 cm³/mol. The van der Waals surface area contributed by atoms with E-state index in [0.717, 1.165) is 32.7 Å². The van der Waals surface area contributed by atoms with Gasteiger partial charge in [0.2, 0.25) is 5.95 Å². The first kappa shape index (κ1) is 14.8. The molecule has 0 aliphatic heterocycles. The van der Waals surface area contributed by atoms with Gasteiger partial charge in [0, 0.05) is 21.3 Å². The van der Waals surface area contributed by atoms with Crippen molar-refractivity contribution < 1.29 is 0 Å². The summed E-state index contributed by atoms with van der Waals surface area (Å²) in [5, 5.41) is 7.46. The lowest BCUT2D eigenvalue weighted by molar-refractivity contribution is 0.947. The van der Waals surface area contributed by atoms with Crippen LogP contribution in [0.15, 0.2) is 50.1 Å². The van der Waals surface area contributed by atoms with E-state index in [-0.39, 0.29) is 0 Å². The summed E-state index contributed by atoms with van der Waals surface area (Å²) >= 11 is 6.78. The van der Waals surface area contributed by atoms with Crippen LogP contribution in [0.25, 0.3) is 10.2 Å². The van der Waals surface area contributed by atoms with Gasteiger partial charge in [0.25, 0.3) is 0 Å². The van der Waals surface area contributed by atoms with E-state index in [4.69, 9.17) is 0 Å². The van der Waals surface area contributed by atoms with E-state index in [1.165, 1.54) is 4.90 Å². The Kier molecular flexibility index (Phi) is 4.77. The van der Waals surface area contributed by atoms with Crippen molar-refractivity contribution in [3.05, 3.63) is 40.2 Å². The first-order valence-corrected chi connectivity index (χ1v) is 9.17. The number of halogens is 1. The maximum Gasteiger partial charge on any atom is 0.225 e. The molecule has 108 valence electrons. The summed E-state index contributed by atoms with van der Waals surface area (Å²) < 4.78 is 1.08. The van der Waals surface area contributed by atoms with Gasteiger partial charge in [0.15, 0.2) is 0 Å². The van der Waals surface area contributed by atoms with Crippen molar-refractivity contribution in [3.8, 4) is 0 Å². The Balaban J connectivity index is 1.95. The van der Waals surface area contributed by atoms with Crippen LogP contribution in [0.4, 0.5) is 5.95 Å². The van der Waals surface area contributed by atoms with Gasteiger partial charge in [0.1, 0.15) is 9.86 Å². The molecular weight excluding hydrogens is 366 g/mol. The molecule has 0 bridgehead atoms. The van der Waals surface area contributed by atoms with Crippen LogP contribution in [0.1, 0.15) is 13.3 Å². The molecule has 0 atom stereocenters. The first-order valence-electron chi connectivity index (χ1n) is 6.69. The van der Waals surface area contributed by atoms with Crippen molar-refractivity contribution in [3.63, 3.8) is 0 Å². The van der Waals surface area contributed by atoms with E-state index in [9.17, 15) is 0 Å².